The van der Waals surface area contributed by atoms with Gasteiger partial charge in [-0.1, -0.05) is 13.8 Å². The first kappa shape index (κ1) is 13.4. The first-order chi connectivity index (χ1) is 8.00. The van der Waals surface area contributed by atoms with Crippen molar-refractivity contribution < 1.29 is 4.48 Å². The van der Waals surface area contributed by atoms with Crippen LogP contribution < -0.4 is 5.32 Å². The summed E-state index contributed by atoms with van der Waals surface area (Å²) in [6, 6.07) is 4.08. The normalized spacial score (nSPS) is 41.5. The van der Waals surface area contributed by atoms with E-state index in [2.05, 4.69) is 39.9 Å². The summed E-state index contributed by atoms with van der Waals surface area (Å²) in [5, 5.41) is 3.77. The summed E-state index contributed by atoms with van der Waals surface area (Å²) < 4.78 is 1.41. The lowest BCUT2D eigenvalue weighted by atomic mass is 9.91. The number of hydrogen-bond donors (Lipinski definition) is 1. The summed E-state index contributed by atoms with van der Waals surface area (Å²) >= 11 is 0. The highest BCUT2D eigenvalue weighted by molar-refractivity contribution is 4.91. The van der Waals surface area contributed by atoms with Crippen molar-refractivity contribution in [3.8, 4) is 0 Å². The Labute approximate surface area is 107 Å². The fraction of sp³-hybridized carbons (Fsp3) is 1.00. The smallest absolute Gasteiger partial charge is 0.0911 e. The minimum absolute atomic E-state index is 0.639. The fourth-order valence-corrected chi connectivity index (χ4v) is 4.88. The van der Waals surface area contributed by atoms with Gasteiger partial charge in [0.25, 0.3) is 0 Å². The van der Waals surface area contributed by atoms with E-state index in [1.54, 1.807) is 0 Å². The van der Waals surface area contributed by atoms with Crippen LogP contribution in [0.4, 0.5) is 0 Å². The molecule has 2 bridgehead atoms. The van der Waals surface area contributed by atoms with E-state index < -0.39 is 0 Å². The predicted octanol–water partition coefficient (Wildman–Crippen LogP) is 2.92. The first-order valence-electron chi connectivity index (χ1n) is 7.63. The molecule has 1 N–H and O–H groups in total. The molecule has 0 radical (unpaired) electrons. The predicted molar refractivity (Wildman–Crippen MR) is 74.0 cm³/mol. The maximum Gasteiger partial charge on any atom is 0.0911 e. The third-order valence-corrected chi connectivity index (χ3v) is 5.38. The van der Waals surface area contributed by atoms with E-state index in [-0.39, 0.29) is 0 Å². The van der Waals surface area contributed by atoms with Crippen LogP contribution in [0, 0.1) is 0 Å². The molecule has 2 heterocycles. The molecular formula is C15H31N2+. The second-order valence-electron chi connectivity index (χ2n) is 6.78. The van der Waals surface area contributed by atoms with Crippen LogP contribution in [0.1, 0.15) is 60.3 Å². The Balaban J connectivity index is 2.12. The van der Waals surface area contributed by atoms with Gasteiger partial charge in [0.2, 0.25) is 0 Å². The second kappa shape index (κ2) is 4.89. The van der Waals surface area contributed by atoms with E-state index in [0.29, 0.717) is 6.04 Å². The number of fused-ring (bicyclic) bond motifs is 2. The zero-order chi connectivity index (χ0) is 12.6. The van der Waals surface area contributed by atoms with Crippen LogP contribution in [0.5, 0.6) is 0 Å². The van der Waals surface area contributed by atoms with Gasteiger partial charge in [0, 0.05) is 37.8 Å². The fourth-order valence-electron chi connectivity index (χ4n) is 4.88. The van der Waals surface area contributed by atoms with Crippen molar-refractivity contribution in [1.29, 1.82) is 0 Å². The lowest BCUT2D eigenvalue weighted by Crippen LogP contribution is -2.66. The molecule has 17 heavy (non-hydrogen) atoms. The van der Waals surface area contributed by atoms with Crippen molar-refractivity contribution in [1.82, 2.24) is 5.32 Å². The second-order valence-corrected chi connectivity index (χ2v) is 6.78. The lowest BCUT2D eigenvalue weighted by molar-refractivity contribution is -0.983. The number of hydrogen-bond acceptors (Lipinski definition) is 1. The van der Waals surface area contributed by atoms with Crippen molar-refractivity contribution in [3.63, 3.8) is 0 Å². The van der Waals surface area contributed by atoms with Gasteiger partial charge in [-0.05, 0) is 20.8 Å². The largest absolute Gasteiger partial charge is 0.317 e. The number of rotatable bonds is 4. The molecule has 2 aliphatic heterocycles. The zero-order valence-corrected chi connectivity index (χ0v) is 12.4. The zero-order valence-electron chi connectivity index (χ0n) is 12.4. The number of nitrogens with one attached hydrogen (secondary N) is 1. The van der Waals surface area contributed by atoms with Crippen molar-refractivity contribution in [2.75, 3.05) is 6.54 Å². The third-order valence-electron chi connectivity index (χ3n) is 5.38. The summed E-state index contributed by atoms with van der Waals surface area (Å²) in [5.74, 6) is 0. The van der Waals surface area contributed by atoms with E-state index in [1.165, 1.54) is 36.7 Å². The molecule has 0 aromatic carbocycles. The Morgan fingerprint density at radius 1 is 1.06 bits per heavy atom. The molecule has 0 spiro atoms. The van der Waals surface area contributed by atoms with Gasteiger partial charge >= 0.3 is 0 Å². The third kappa shape index (κ3) is 2.15. The lowest BCUT2D eigenvalue weighted by Gasteiger charge is -2.52. The minimum Gasteiger partial charge on any atom is -0.317 e. The maximum atomic E-state index is 3.77. The van der Waals surface area contributed by atoms with Crippen LogP contribution >= 0.6 is 0 Å². The summed E-state index contributed by atoms with van der Waals surface area (Å²) in [7, 11) is 0. The molecule has 4 atom stereocenters. The van der Waals surface area contributed by atoms with Gasteiger partial charge in [-0.15, -0.1) is 0 Å². The molecule has 0 aromatic rings. The van der Waals surface area contributed by atoms with Gasteiger partial charge in [0.05, 0.1) is 24.7 Å². The van der Waals surface area contributed by atoms with Crippen molar-refractivity contribution in [3.05, 3.63) is 0 Å². The van der Waals surface area contributed by atoms with Crippen LogP contribution in [0.15, 0.2) is 0 Å². The highest BCUT2D eigenvalue weighted by Gasteiger charge is 2.54. The van der Waals surface area contributed by atoms with Gasteiger partial charge in [0.1, 0.15) is 0 Å². The Morgan fingerprint density at radius 2 is 1.59 bits per heavy atom. The molecule has 2 unspecified atom stereocenters. The molecule has 0 aromatic heterocycles. The molecule has 2 nitrogen and oxygen atoms in total. The topological polar surface area (TPSA) is 12.0 Å². The first-order valence-corrected chi connectivity index (χ1v) is 7.63. The molecule has 100 valence electrons. The molecule has 2 aliphatic rings. The van der Waals surface area contributed by atoms with Gasteiger partial charge in [-0.25, -0.2) is 0 Å². The number of nitrogens with zero attached hydrogens (tertiary/aromatic N) is 1. The van der Waals surface area contributed by atoms with Gasteiger partial charge in [-0.3, -0.25) is 0 Å². The molecule has 0 aliphatic carbocycles. The SMILES string of the molecule is CC[N+]1(C(C)C)[C@@H]2CC[C@H]1CC(NC(C)C)C2. The molecule has 0 saturated carbocycles. The highest BCUT2D eigenvalue weighted by atomic mass is 15.4. The maximum absolute atomic E-state index is 3.77. The molecule has 2 fully saturated rings. The quantitative estimate of drug-likeness (QED) is 0.744. The van der Waals surface area contributed by atoms with Crippen LogP contribution in [-0.2, 0) is 0 Å². The standard InChI is InChI=1S/C15H31N2/c1-6-17(12(4)5)14-7-8-15(17)10-13(9-14)16-11(2)3/h11-16H,6-10H2,1-5H3/q+1/t13?,14-,15+,17?. The van der Waals surface area contributed by atoms with E-state index in [0.717, 1.165) is 24.2 Å². The highest BCUT2D eigenvalue weighted by Crippen LogP contribution is 2.44. The van der Waals surface area contributed by atoms with E-state index in [4.69, 9.17) is 0 Å². The van der Waals surface area contributed by atoms with Gasteiger partial charge in [-0.2, -0.15) is 0 Å². The molecule has 0 amide bonds. The Morgan fingerprint density at radius 3 is 1.94 bits per heavy atom. The summed E-state index contributed by atoms with van der Waals surface area (Å²) in [4.78, 5) is 0. The monoisotopic (exact) mass is 239 g/mol. The van der Waals surface area contributed by atoms with Crippen LogP contribution in [0.25, 0.3) is 0 Å². The van der Waals surface area contributed by atoms with Crippen LogP contribution in [0.3, 0.4) is 0 Å². The number of quaternary nitrogens is 1. The average Bonchev–Trinajstić information content (AvgIpc) is 2.43. The van der Waals surface area contributed by atoms with Crippen molar-refractivity contribution >= 4 is 0 Å². The molecular weight excluding hydrogens is 208 g/mol. The molecule has 2 saturated heterocycles. The minimum atomic E-state index is 0.639. The van der Waals surface area contributed by atoms with Gasteiger partial charge < -0.3 is 9.80 Å². The number of piperidine rings is 1. The average molecular weight is 239 g/mol. The van der Waals surface area contributed by atoms with Crippen LogP contribution in [0.2, 0.25) is 0 Å². The Hall–Kier alpha value is -0.0800. The van der Waals surface area contributed by atoms with Gasteiger partial charge in [0.15, 0.2) is 0 Å². The van der Waals surface area contributed by atoms with E-state index >= 15 is 0 Å². The van der Waals surface area contributed by atoms with E-state index in [1.807, 2.05) is 0 Å². The van der Waals surface area contributed by atoms with Crippen molar-refractivity contribution in [2.24, 2.45) is 0 Å². The molecule has 2 heteroatoms. The Bertz CT molecular complexity index is 246. The Kier molecular flexibility index (Phi) is 3.84. The van der Waals surface area contributed by atoms with Crippen LogP contribution in [-0.4, -0.2) is 41.2 Å². The summed E-state index contributed by atoms with van der Waals surface area (Å²) in [6.45, 7) is 13.2. The molecule has 2 rings (SSSR count). The van der Waals surface area contributed by atoms with Crippen molar-refractivity contribution in [2.45, 2.75) is 90.5 Å². The van der Waals surface area contributed by atoms with E-state index in [9.17, 15) is 0 Å². The summed E-state index contributed by atoms with van der Waals surface area (Å²) in [5.41, 5.74) is 0. The summed E-state index contributed by atoms with van der Waals surface area (Å²) in [6.07, 6.45) is 5.74.